The van der Waals surface area contributed by atoms with Gasteiger partial charge in [0.2, 0.25) is 0 Å². The highest BCUT2D eigenvalue weighted by Gasteiger charge is 2.22. The van der Waals surface area contributed by atoms with Crippen molar-refractivity contribution in [1.29, 1.82) is 0 Å². The Labute approximate surface area is 159 Å². The van der Waals surface area contributed by atoms with Crippen LogP contribution in [0.5, 0.6) is 5.75 Å². The van der Waals surface area contributed by atoms with Gasteiger partial charge in [0.05, 0.1) is 22.5 Å². The molecule has 1 N–H and O–H groups in total. The predicted octanol–water partition coefficient (Wildman–Crippen LogP) is 4.15. The molecule has 0 unspecified atom stereocenters. The van der Waals surface area contributed by atoms with Crippen molar-refractivity contribution in [2.24, 2.45) is 7.05 Å². The lowest BCUT2D eigenvalue weighted by Crippen LogP contribution is -2.10. The number of pyridine rings is 1. The van der Waals surface area contributed by atoms with Crippen molar-refractivity contribution in [2.45, 2.75) is 13.5 Å². The summed E-state index contributed by atoms with van der Waals surface area (Å²) >= 11 is 1.49. The molecule has 27 heavy (non-hydrogen) atoms. The summed E-state index contributed by atoms with van der Waals surface area (Å²) < 4.78 is 7.52. The lowest BCUT2D eigenvalue weighted by molar-refractivity contribution is 0.103. The van der Waals surface area contributed by atoms with Gasteiger partial charge < -0.3 is 10.1 Å². The summed E-state index contributed by atoms with van der Waals surface area (Å²) in [4.78, 5) is 18.9. The van der Waals surface area contributed by atoms with E-state index >= 15 is 0 Å². The number of benzene rings is 1. The van der Waals surface area contributed by atoms with E-state index in [1.807, 2.05) is 50.4 Å². The first-order chi connectivity index (χ1) is 13.1. The number of carbonyl (C=O) groups is 1. The first-order valence-electron chi connectivity index (χ1n) is 8.56. The Kier molecular flexibility index (Phi) is 3.51. The number of fused-ring (bicyclic) bond motifs is 4. The summed E-state index contributed by atoms with van der Waals surface area (Å²) in [7, 11) is 1.86. The molecule has 0 fully saturated rings. The van der Waals surface area contributed by atoms with Gasteiger partial charge in [-0.2, -0.15) is 5.10 Å². The number of anilines is 1. The molecule has 0 saturated heterocycles. The molecule has 0 spiro atoms. The number of nitrogens with zero attached hydrogens (tertiary/aromatic N) is 3. The largest absolute Gasteiger partial charge is 0.488 e. The number of para-hydroxylation sites is 1. The third-order valence-electron chi connectivity index (χ3n) is 4.67. The minimum Gasteiger partial charge on any atom is -0.488 e. The van der Waals surface area contributed by atoms with E-state index in [0.29, 0.717) is 17.2 Å². The third-order valence-corrected chi connectivity index (χ3v) is 5.88. The van der Waals surface area contributed by atoms with Crippen molar-refractivity contribution >= 4 is 34.0 Å². The Balaban J connectivity index is 1.46. The van der Waals surface area contributed by atoms with Gasteiger partial charge in [-0.15, -0.1) is 11.3 Å². The van der Waals surface area contributed by atoms with Crippen LogP contribution in [0.25, 0.3) is 21.5 Å². The minimum absolute atomic E-state index is 0.144. The lowest BCUT2D eigenvalue weighted by atomic mass is 10.1. The van der Waals surface area contributed by atoms with Gasteiger partial charge in [0, 0.05) is 28.4 Å². The number of aryl methyl sites for hydroxylation is 2. The molecule has 3 aromatic heterocycles. The molecule has 0 saturated carbocycles. The Morgan fingerprint density at radius 2 is 2.15 bits per heavy atom. The van der Waals surface area contributed by atoms with Crippen molar-refractivity contribution in [3.8, 4) is 16.2 Å². The van der Waals surface area contributed by atoms with Gasteiger partial charge in [0.15, 0.2) is 5.65 Å². The van der Waals surface area contributed by atoms with Crippen LogP contribution in [0.3, 0.4) is 0 Å². The maximum absolute atomic E-state index is 12.8. The van der Waals surface area contributed by atoms with Crippen LogP contribution in [0.2, 0.25) is 0 Å². The Bertz CT molecular complexity index is 1210. The van der Waals surface area contributed by atoms with Crippen molar-refractivity contribution in [2.75, 3.05) is 5.32 Å². The van der Waals surface area contributed by atoms with Crippen LogP contribution in [-0.2, 0) is 13.7 Å². The number of aromatic nitrogens is 3. The van der Waals surface area contributed by atoms with Crippen LogP contribution >= 0.6 is 11.3 Å². The van der Waals surface area contributed by atoms with Crippen LogP contribution in [0.15, 0.2) is 42.6 Å². The van der Waals surface area contributed by atoms with Gasteiger partial charge in [-0.3, -0.25) is 9.48 Å². The lowest BCUT2D eigenvalue weighted by Gasteiger charge is -2.16. The van der Waals surface area contributed by atoms with Crippen LogP contribution < -0.4 is 10.1 Å². The smallest absolute Gasteiger partial charge is 0.265 e. The molecule has 134 valence electrons. The molecular formula is C20H16N4O2S. The highest BCUT2D eigenvalue weighted by molar-refractivity contribution is 7.17. The average Bonchev–Trinajstić information content (AvgIpc) is 3.23. The van der Waals surface area contributed by atoms with Gasteiger partial charge in [-0.25, -0.2) is 4.98 Å². The highest BCUT2D eigenvalue weighted by atomic mass is 32.1. The molecule has 7 heteroatoms. The van der Waals surface area contributed by atoms with Gasteiger partial charge >= 0.3 is 0 Å². The van der Waals surface area contributed by atoms with Crippen LogP contribution in [0.4, 0.5) is 5.69 Å². The van der Waals surface area contributed by atoms with Crippen molar-refractivity contribution in [3.63, 3.8) is 0 Å². The maximum Gasteiger partial charge on any atom is 0.265 e. The summed E-state index contributed by atoms with van der Waals surface area (Å²) in [5.41, 5.74) is 4.42. The van der Waals surface area contributed by atoms with E-state index in [2.05, 4.69) is 15.4 Å². The number of nitrogens with one attached hydrogen (secondary N) is 1. The third kappa shape index (κ3) is 2.59. The second kappa shape index (κ2) is 5.92. The number of hydrogen-bond donors (Lipinski definition) is 1. The minimum atomic E-state index is -0.144. The summed E-state index contributed by atoms with van der Waals surface area (Å²) in [5.74, 6) is 0.718. The topological polar surface area (TPSA) is 69.0 Å². The number of thiophene rings is 1. The average molecular weight is 376 g/mol. The number of ether oxygens (including phenoxy) is 1. The zero-order valence-corrected chi connectivity index (χ0v) is 15.6. The molecule has 0 aliphatic carbocycles. The first-order valence-corrected chi connectivity index (χ1v) is 9.37. The molecule has 4 aromatic rings. The molecule has 0 atom stereocenters. The van der Waals surface area contributed by atoms with E-state index in [9.17, 15) is 4.79 Å². The first kappa shape index (κ1) is 16.0. The zero-order valence-electron chi connectivity index (χ0n) is 14.8. The fourth-order valence-electron chi connectivity index (χ4n) is 3.38. The quantitative estimate of drug-likeness (QED) is 0.571. The van der Waals surface area contributed by atoms with Crippen molar-refractivity contribution in [1.82, 2.24) is 14.8 Å². The fraction of sp³-hybridized carbons (Fsp3) is 0.150. The molecule has 1 amide bonds. The summed E-state index contributed by atoms with van der Waals surface area (Å²) in [6, 6.07) is 11.7. The summed E-state index contributed by atoms with van der Waals surface area (Å²) in [5, 5.41) is 8.25. The molecule has 1 aliphatic rings. The normalized spacial score (nSPS) is 12.4. The molecule has 0 radical (unpaired) electrons. The van der Waals surface area contributed by atoms with Crippen LogP contribution in [-0.4, -0.2) is 20.7 Å². The van der Waals surface area contributed by atoms with E-state index in [0.717, 1.165) is 38.5 Å². The second-order valence-electron chi connectivity index (χ2n) is 6.51. The van der Waals surface area contributed by atoms with Crippen molar-refractivity contribution in [3.05, 3.63) is 58.7 Å². The second-order valence-corrected chi connectivity index (χ2v) is 7.56. The molecule has 4 heterocycles. The molecule has 1 aromatic carbocycles. The van der Waals surface area contributed by atoms with Crippen LogP contribution in [0.1, 0.15) is 20.9 Å². The molecular weight excluding hydrogens is 360 g/mol. The van der Waals surface area contributed by atoms with E-state index in [1.165, 1.54) is 11.3 Å². The predicted molar refractivity (Wildman–Crippen MR) is 105 cm³/mol. The Morgan fingerprint density at radius 3 is 3.04 bits per heavy atom. The number of amides is 1. The van der Waals surface area contributed by atoms with Gasteiger partial charge in [-0.1, -0.05) is 12.1 Å². The SMILES string of the molecule is Cc1nn(C)c2ncc(NC(=O)c3cc4c(s3)-c3ccccc3OC4)cc12. The number of carbonyl (C=O) groups excluding carboxylic acids is 1. The Hall–Kier alpha value is -3.19. The van der Waals surface area contributed by atoms with Gasteiger partial charge in [0.1, 0.15) is 12.4 Å². The monoisotopic (exact) mass is 376 g/mol. The molecule has 5 rings (SSSR count). The summed E-state index contributed by atoms with van der Waals surface area (Å²) in [6.07, 6.45) is 1.66. The number of rotatable bonds is 2. The number of hydrogen-bond acceptors (Lipinski definition) is 5. The standard InChI is InChI=1S/C20H16N4O2S/c1-11-15-8-13(9-21-19(15)24(2)23-11)22-20(25)17-7-12-10-26-16-6-4-3-5-14(16)18(12)27-17/h3-9H,10H2,1-2H3,(H,22,25). The molecule has 1 aliphatic heterocycles. The van der Waals surface area contributed by atoms with E-state index < -0.39 is 0 Å². The van der Waals surface area contributed by atoms with Gasteiger partial charge in [0.25, 0.3) is 5.91 Å². The van der Waals surface area contributed by atoms with E-state index in [4.69, 9.17) is 4.74 Å². The zero-order chi connectivity index (χ0) is 18.5. The van der Waals surface area contributed by atoms with Crippen LogP contribution in [0, 0.1) is 6.92 Å². The van der Waals surface area contributed by atoms with Crippen molar-refractivity contribution < 1.29 is 9.53 Å². The Morgan fingerprint density at radius 1 is 1.30 bits per heavy atom. The highest BCUT2D eigenvalue weighted by Crippen LogP contribution is 2.42. The fourth-order valence-corrected chi connectivity index (χ4v) is 4.47. The molecule has 0 bridgehead atoms. The maximum atomic E-state index is 12.8. The van der Waals surface area contributed by atoms with Gasteiger partial charge in [-0.05, 0) is 31.2 Å². The summed E-state index contributed by atoms with van der Waals surface area (Å²) in [6.45, 7) is 2.42. The van der Waals surface area contributed by atoms with E-state index in [-0.39, 0.29) is 5.91 Å². The molecule has 6 nitrogen and oxygen atoms in total. The van der Waals surface area contributed by atoms with E-state index in [1.54, 1.807) is 10.9 Å².